The Balaban J connectivity index is 1.19. The molecule has 2 N–H and O–H groups in total. The van der Waals surface area contributed by atoms with E-state index in [1.165, 1.54) is 0 Å². The van der Waals surface area contributed by atoms with Crippen LogP contribution in [0, 0.1) is 0 Å². The normalized spacial score (nSPS) is 15.1. The molecule has 0 unspecified atom stereocenters. The van der Waals surface area contributed by atoms with Crippen molar-refractivity contribution >= 4 is 11.8 Å². The van der Waals surface area contributed by atoms with Crippen LogP contribution < -0.4 is 29.6 Å². The molecule has 0 spiro atoms. The molecule has 8 bridgehead atoms. The largest absolute Gasteiger partial charge is 0.492 e. The van der Waals surface area contributed by atoms with E-state index in [1.807, 2.05) is 97.1 Å². The molecule has 8 heteroatoms. The highest BCUT2D eigenvalue weighted by molar-refractivity contribution is 5.77. The van der Waals surface area contributed by atoms with E-state index in [0.29, 0.717) is 37.8 Å². The number of rotatable bonds is 0. The first-order valence-electron chi connectivity index (χ1n) is 14.0. The van der Waals surface area contributed by atoms with Gasteiger partial charge in [0.15, 0.2) is 13.2 Å². The van der Waals surface area contributed by atoms with Crippen molar-refractivity contribution in [2.24, 2.45) is 0 Å². The number of nitrogens with one attached hydrogen (secondary N) is 2. The van der Waals surface area contributed by atoms with Gasteiger partial charge in [-0.25, -0.2) is 0 Å². The smallest absolute Gasteiger partial charge is 0.258 e. The van der Waals surface area contributed by atoms with Gasteiger partial charge in [0.1, 0.15) is 36.2 Å². The van der Waals surface area contributed by atoms with Gasteiger partial charge in [-0.2, -0.15) is 0 Å². The zero-order valence-corrected chi connectivity index (χ0v) is 23.3. The van der Waals surface area contributed by atoms with E-state index in [-0.39, 0.29) is 25.0 Å². The molecule has 8 nitrogen and oxygen atoms in total. The topological polar surface area (TPSA) is 95.1 Å². The molecule has 2 amide bonds. The van der Waals surface area contributed by atoms with Crippen LogP contribution in [0.15, 0.2) is 97.1 Å². The van der Waals surface area contributed by atoms with E-state index in [9.17, 15) is 9.59 Å². The zero-order chi connectivity index (χ0) is 29.0. The molecular weight excluding hydrogens is 532 g/mol. The lowest BCUT2D eigenvalue weighted by molar-refractivity contribution is -0.123. The van der Waals surface area contributed by atoms with Crippen LogP contribution in [-0.4, -0.2) is 51.3 Å². The van der Waals surface area contributed by atoms with Crippen molar-refractivity contribution in [3.05, 3.63) is 119 Å². The van der Waals surface area contributed by atoms with Gasteiger partial charge in [0.05, 0.1) is 13.1 Å². The molecule has 0 saturated carbocycles. The Hall–Kier alpha value is -4.98. The molecule has 0 aliphatic carbocycles. The molecule has 11 rings (SSSR count). The van der Waals surface area contributed by atoms with Crippen molar-refractivity contribution in [2.45, 2.75) is 12.8 Å². The Labute approximate surface area is 245 Å². The van der Waals surface area contributed by atoms with Crippen LogP contribution in [-0.2, 0) is 22.4 Å². The monoisotopic (exact) mass is 566 g/mol. The summed E-state index contributed by atoms with van der Waals surface area (Å²) < 4.78 is 22.8. The number of amides is 2. The molecule has 7 heterocycles. The van der Waals surface area contributed by atoms with Gasteiger partial charge in [-0.3, -0.25) is 9.59 Å². The van der Waals surface area contributed by atoms with Crippen LogP contribution in [0.25, 0.3) is 0 Å². The number of hydrogen-bond donors (Lipinski definition) is 2. The first-order valence-corrected chi connectivity index (χ1v) is 14.0. The van der Waals surface area contributed by atoms with Crippen LogP contribution in [0.2, 0.25) is 0 Å². The fourth-order valence-electron chi connectivity index (χ4n) is 4.40. The van der Waals surface area contributed by atoms with Gasteiger partial charge >= 0.3 is 0 Å². The van der Waals surface area contributed by atoms with Crippen molar-refractivity contribution in [1.82, 2.24) is 10.6 Å². The van der Waals surface area contributed by atoms with E-state index in [2.05, 4.69) is 10.6 Å². The third-order valence-corrected chi connectivity index (χ3v) is 6.64. The molecule has 42 heavy (non-hydrogen) atoms. The molecule has 0 radical (unpaired) electrons. The Kier molecular flexibility index (Phi) is 9.92. The van der Waals surface area contributed by atoms with E-state index in [1.54, 1.807) is 0 Å². The Bertz CT molecular complexity index is 1320. The number of carbonyl (C=O) groups excluding carboxylic acids is 2. The van der Waals surface area contributed by atoms with Crippen molar-refractivity contribution in [3.63, 3.8) is 0 Å². The molecule has 7 aliphatic rings. The summed E-state index contributed by atoms with van der Waals surface area (Å²) in [6.45, 7) is 1.35. The summed E-state index contributed by atoms with van der Waals surface area (Å²) in [6.07, 6.45) is 1.51. The lowest BCUT2D eigenvalue weighted by Gasteiger charge is -2.11. The molecule has 4 aromatic rings. The van der Waals surface area contributed by atoms with Crippen molar-refractivity contribution in [2.75, 3.05) is 39.5 Å². The standard InChI is InChI=1S/C34H34N2O6/c37-33-23-41-31-13-5-27(6-14-31)22-28-7-15-32(16-8-28)42-24-34(38)36-18-20-40-30-11-3-26(4-12-30)21-25-1-9-29(10-2-25)39-19-17-35-33/h1-16H,17-24H2,(H,35,37)(H,36,38). The first kappa shape index (κ1) is 28.5. The average Bonchev–Trinajstić information content (AvgIpc) is 3.02. The molecule has 216 valence electrons. The maximum Gasteiger partial charge on any atom is 0.258 e. The van der Waals surface area contributed by atoms with Gasteiger partial charge in [0.25, 0.3) is 11.8 Å². The maximum absolute atomic E-state index is 12.2. The second kappa shape index (κ2) is 14.6. The molecule has 0 saturated heterocycles. The summed E-state index contributed by atoms with van der Waals surface area (Å²) in [5, 5.41) is 5.63. The number of carbonyl (C=O) groups is 2. The quantitative estimate of drug-likeness (QED) is 0.329. The summed E-state index contributed by atoms with van der Waals surface area (Å²) in [4.78, 5) is 24.4. The third-order valence-electron chi connectivity index (χ3n) is 6.64. The second-order valence-electron chi connectivity index (χ2n) is 9.90. The van der Waals surface area contributed by atoms with Gasteiger partial charge in [-0.1, -0.05) is 48.5 Å². The highest BCUT2D eigenvalue weighted by Gasteiger charge is 2.06. The molecule has 0 atom stereocenters. The average molecular weight is 567 g/mol. The van der Waals surface area contributed by atoms with Crippen LogP contribution >= 0.6 is 0 Å². The molecule has 7 aliphatic heterocycles. The van der Waals surface area contributed by atoms with Crippen LogP contribution in [0.1, 0.15) is 22.3 Å². The summed E-state index contributed by atoms with van der Waals surface area (Å²) in [6, 6.07) is 31.2. The first-order chi connectivity index (χ1) is 20.6. The van der Waals surface area contributed by atoms with E-state index >= 15 is 0 Å². The Morgan fingerprint density at radius 3 is 1.00 bits per heavy atom. The zero-order valence-electron chi connectivity index (χ0n) is 23.3. The molecule has 0 fully saturated rings. The van der Waals surface area contributed by atoms with Crippen LogP contribution in [0.5, 0.6) is 23.0 Å². The third kappa shape index (κ3) is 9.02. The lowest BCUT2D eigenvalue weighted by Crippen LogP contribution is -2.32. The number of hydrogen-bond acceptors (Lipinski definition) is 6. The van der Waals surface area contributed by atoms with Gasteiger partial charge in [-0.15, -0.1) is 0 Å². The van der Waals surface area contributed by atoms with Crippen molar-refractivity contribution in [3.8, 4) is 23.0 Å². The maximum atomic E-state index is 12.2. The predicted molar refractivity (Wildman–Crippen MR) is 159 cm³/mol. The van der Waals surface area contributed by atoms with Gasteiger partial charge < -0.3 is 29.6 Å². The summed E-state index contributed by atoms with van der Waals surface area (Å²) in [5.74, 6) is 2.32. The minimum atomic E-state index is -0.208. The Morgan fingerprint density at radius 1 is 0.405 bits per heavy atom. The van der Waals surface area contributed by atoms with Crippen molar-refractivity contribution < 1.29 is 28.5 Å². The fraction of sp³-hybridized carbons (Fsp3) is 0.235. The highest BCUT2D eigenvalue weighted by atomic mass is 16.5. The van der Waals surface area contributed by atoms with Crippen LogP contribution in [0.4, 0.5) is 0 Å². The van der Waals surface area contributed by atoms with Crippen LogP contribution in [0.3, 0.4) is 0 Å². The fourth-order valence-corrected chi connectivity index (χ4v) is 4.40. The molecular formula is C34H34N2O6. The summed E-state index contributed by atoms with van der Waals surface area (Å²) in [7, 11) is 0. The molecule has 4 aromatic carbocycles. The van der Waals surface area contributed by atoms with E-state index in [0.717, 1.165) is 46.6 Å². The SMILES string of the molecule is O=C1COc2ccc(cc2)Cc2ccc(cc2)OCC(=O)NCCOc2ccc(cc2)Cc2ccc(cc2)OCCN1. The summed E-state index contributed by atoms with van der Waals surface area (Å²) in [5.41, 5.74) is 4.52. The second-order valence-corrected chi connectivity index (χ2v) is 9.90. The minimum absolute atomic E-state index is 0.0688. The Morgan fingerprint density at radius 2 is 0.690 bits per heavy atom. The molecule has 0 aromatic heterocycles. The predicted octanol–water partition coefficient (Wildman–Crippen LogP) is 4.33. The number of ether oxygens (including phenoxy) is 4. The minimum Gasteiger partial charge on any atom is -0.492 e. The van der Waals surface area contributed by atoms with Gasteiger partial charge in [0, 0.05) is 0 Å². The van der Waals surface area contributed by atoms with E-state index < -0.39 is 0 Å². The van der Waals surface area contributed by atoms with Crippen molar-refractivity contribution in [1.29, 1.82) is 0 Å². The lowest BCUT2D eigenvalue weighted by atomic mass is 10.0. The van der Waals surface area contributed by atoms with Gasteiger partial charge in [0.2, 0.25) is 0 Å². The number of benzene rings is 4. The highest BCUT2D eigenvalue weighted by Crippen LogP contribution is 2.19. The summed E-state index contributed by atoms with van der Waals surface area (Å²) >= 11 is 0. The van der Waals surface area contributed by atoms with E-state index in [4.69, 9.17) is 18.9 Å². The van der Waals surface area contributed by atoms with Gasteiger partial charge in [-0.05, 0) is 83.6 Å².